The Morgan fingerprint density at radius 3 is 2.64 bits per heavy atom. The van der Waals surface area contributed by atoms with Crippen molar-refractivity contribution in [3.8, 4) is 0 Å². The fourth-order valence-electron chi connectivity index (χ4n) is 1.98. The summed E-state index contributed by atoms with van der Waals surface area (Å²) >= 11 is 0. The van der Waals surface area contributed by atoms with Gasteiger partial charge in [-0.3, -0.25) is 14.6 Å². The molecule has 0 aliphatic carbocycles. The first-order valence-electron chi connectivity index (χ1n) is 7.67. The van der Waals surface area contributed by atoms with E-state index in [9.17, 15) is 14.4 Å². The lowest BCUT2D eigenvalue weighted by Crippen LogP contribution is -2.35. The fourth-order valence-corrected chi connectivity index (χ4v) is 1.98. The van der Waals surface area contributed by atoms with Gasteiger partial charge in [-0.2, -0.15) is 0 Å². The summed E-state index contributed by atoms with van der Waals surface area (Å²) < 4.78 is 4.79. The number of hydrogen-bond donors (Lipinski definition) is 2. The van der Waals surface area contributed by atoms with Gasteiger partial charge in [-0.15, -0.1) is 0 Å². The van der Waals surface area contributed by atoms with Gasteiger partial charge in [0.25, 0.3) is 5.91 Å². The molecular weight excluding hydrogens is 324 g/mol. The summed E-state index contributed by atoms with van der Waals surface area (Å²) in [5, 5.41) is 5.11. The van der Waals surface area contributed by atoms with Gasteiger partial charge < -0.3 is 15.4 Å². The third-order valence-corrected chi connectivity index (χ3v) is 3.23. The zero-order valence-electron chi connectivity index (χ0n) is 13.7. The number of nitrogens with one attached hydrogen (secondary N) is 2. The number of aryl methyl sites for hydroxylation is 1. The van der Waals surface area contributed by atoms with E-state index in [1.807, 2.05) is 25.1 Å². The van der Waals surface area contributed by atoms with Gasteiger partial charge in [-0.1, -0.05) is 25.1 Å². The van der Waals surface area contributed by atoms with E-state index >= 15 is 0 Å². The Bertz CT molecular complexity index is 749. The van der Waals surface area contributed by atoms with Crippen molar-refractivity contribution in [2.75, 3.05) is 18.5 Å². The van der Waals surface area contributed by atoms with Crippen LogP contribution in [-0.4, -0.2) is 40.9 Å². The molecule has 1 aromatic heterocycles. The van der Waals surface area contributed by atoms with Crippen molar-refractivity contribution in [3.63, 3.8) is 0 Å². The minimum absolute atomic E-state index is 0.00390. The van der Waals surface area contributed by atoms with Crippen molar-refractivity contribution in [2.24, 2.45) is 0 Å². The molecule has 1 aromatic carbocycles. The highest BCUT2D eigenvalue weighted by Gasteiger charge is 2.12. The van der Waals surface area contributed by atoms with Crippen LogP contribution in [0.5, 0.6) is 0 Å². The third kappa shape index (κ3) is 5.69. The lowest BCUT2D eigenvalue weighted by atomic mass is 10.1. The average molecular weight is 342 g/mol. The normalized spacial score (nSPS) is 9.96. The van der Waals surface area contributed by atoms with Crippen LogP contribution in [0.3, 0.4) is 0 Å². The summed E-state index contributed by atoms with van der Waals surface area (Å²) in [6, 6.07) is 7.42. The van der Waals surface area contributed by atoms with Gasteiger partial charge in [0.2, 0.25) is 5.91 Å². The number of rotatable bonds is 7. The SMILES string of the molecule is CCc1ccccc1NC(=O)CNC(=O)COC(=O)c1cnccn1. The summed E-state index contributed by atoms with van der Waals surface area (Å²) in [7, 11) is 0. The highest BCUT2D eigenvalue weighted by molar-refractivity contribution is 5.95. The number of nitrogens with zero attached hydrogens (tertiary/aromatic N) is 2. The quantitative estimate of drug-likeness (QED) is 0.725. The van der Waals surface area contributed by atoms with Crippen molar-refractivity contribution in [3.05, 3.63) is 54.1 Å². The fraction of sp³-hybridized carbons (Fsp3) is 0.235. The van der Waals surface area contributed by atoms with Crippen molar-refractivity contribution in [2.45, 2.75) is 13.3 Å². The molecule has 0 saturated carbocycles. The van der Waals surface area contributed by atoms with Crippen LogP contribution >= 0.6 is 0 Å². The predicted molar refractivity (Wildman–Crippen MR) is 89.8 cm³/mol. The standard InChI is InChI=1S/C17H18N4O4/c1-2-12-5-3-4-6-13(12)21-15(22)10-20-16(23)11-25-17(24)14-9-18-7-8-19-14/h3-9H,2,10-11H2,1H3,(H,20,23)(H,21,22). The van der Waals surface area contributed by atoms with Crippen LogP contribution in [0.15, 0.2) is 42.9 Å². The molecule has 0 unspecified atom stereocenters. The number of carbonyl (C=O) groups excluding carboxylic acids is 3. The van der Waals surface area contributed by atoms with Crippen molar-refractivity contribution in [1.29, 1.82) is 0 Å². The minimum Gasteiger partial charge on any atom is -0.451 e. The van der Waals surface area contributed by atoms with Gasteiger partial charge in [0, 0.05) is 18.1 Å². The van der Waals surface area contributed by atoms with Gasteiger partial charge in [-0.05, 0) is 18.1 Å². The largest absolute Gasteiger partial charge is 0.451 e. The van der Waals surface area contributed by atoms with Crippen molar-refractivity contribution in [1.82, 2.24) is 15.3 Å². The molecule has 0 aliphatic heterocycles. The highest BCUT2D eigenvalue weighted by atomic mass is 16.5. The van der Waals surface area contributed by atoms with E-state index < -0.39 is 18.5 Å². The maximum absolute atomic E-state index is 11.9. The van der Waals surface area contributed by atoms with Crippen LogP contribution in [-0.2, 0) is 20.7 Å². The summed E-state index contributed by atoms with van der Waals surface area (Å²) in [5.41, 5.74) is 1.71. The summed E-state index contributed by atoms with van der Waals surface area (Å²) in [5.74, 6) is -1.71. The molecule has 0 spiro atoms. The van der Waals surface area contributed by atoms with Crippen LogP contribution < -0.4 is 10.6 Å². The van der Waals surface area contributed by atoms with Crippen molar-refractivity contribution >= 4 is 23.5 Å². The van der Waals surface area contributed by atoms with Crippen LogP contribution in [0, 0.1) is 0 Å². The van der Waals surface area contributed by atoms with Gasteiger partial charge in [-0.25, -0.2) is 9.78 Å². The molecule has 2 aromatic rings. The molecule has 2 rings (SSSR count). The molecule has 0 aliphatic rings. The molecule has 0 saturated heterocycles. The number of anilines is 1. The Balaban J connectivity index is 1.74. The second-order valence-corrected chi connectivity index (χ2v) is 5.00. The number of aromatic nitrogens is 2. The number of benzene rings is 1. The summed E-state index contributed by atoms with van der Waals surface area (Å²) in [6.07, 6.45) is 4.77. The first-order valence-corrected chi connectivity index (χ1v) is 7.67. The van der Waals surface area contributed by atoms with E-state index in [0.29, 0.717) is 5.69 Å². The van der Waals surface area contributed by atoms with Gasteiger partial charge in [0.1, 0.15) is 0 Å². The summed E-state index contributed by atoms with van der Waals surface area (Å²) in [6.45, 7) is 1.26. The first-order chi connectivity index (χ1) is 12.1. The molecule has 0 bridgehead atoms. The molecule has 1 heterocycles. The third-order valence-electron chi connectivity index (χ3n) is 3.23. The van der Waals surface area contributed by atoms with Crippen LogP contribution in [0.1, 0.15) is 23.0 Å². The average Bonchev–Trinajstić information content (AvgIpc) is 2.65. The first kappa shape index (κ1) is 18.1. The number of hydrogen-bond acceptors (Lipinski definition) is 6. The lowest BCUT2D eigenvalue weighted by molar-refractivity contribution is -0.126. The molecule has 2 N–H and O–H groups in total. The van der Waals surface area contributed by atoms with E-state index in [1.165, 1.54) is 18.6 Å². The number of carbonyl (C=O) groups is 3. The van der Waals surface area contributed by atoms with E-state index in [0.717, 1.165) is 12.0 Å². The maximum atomic E-state index is 11.9. The van der Waals surface area contributed by atoms with Gasteiger partial charge in [0.15, 0.2) is 12.3 Å². The van der Waals surface area contributed by atoms with Gasteiger partial charge in [0.05, 0.1) is 12.7 Å². The van der Waals surface area contributed by atoms with Crippen molar-refractivity contribution < 1.29 is 19.1 Å². The maximum Gasteiger partial charge on any atom is 0.359 e. The smallest absolute Gasteiger partial charge is 0.359 e. The zero-order chi connectivity index (χ0) is 18.1. The second-order valence-electron chi connectivity index (χ2n) is 5.00. The van der Waals surface area contributed by atoms with E-state index in [1.54, 1.807) is 6.07 Å². The topological polar surface area (TPSA) is 110 Å². The molecule has 0 fully saturated rings. The highest BCUT2D eigenvalue weighted by Crippen LogP contribution is 2.14. The number of ether oxygens (including phenoxy) is 1. The number of esters is 1. The molecule has 0 radical (unpaired) electrons. The molecule has 8 heteroatoms. The predicted octanol–water partition coefficient (Wildman–Crippen LogP) is 0.951. The van der Waals surface area contributed by atoms with Gasteiger partial charge >= 0.3 is 5.97 Å². The Hall–Kier alpha value is -3.29. The molecular formula is C17H18N4O4. The Labute approximate surface area is 144 Å². The molecule has 0 atom stereocenters. The minimum atomic E-state index is -0.760. The number of para-hydroxylation sites is 1. The van der Waals surface area contributed by atoms with E-state index in [-0.39, 0.29) is 18.1 Å². The molecule has 8 nitrogen and oxygen atoms in total. The van der Waals surface area contributed by atoms with Crippen LogP contribution in [0.2, 0.25) is 0 Å². The Morgan fingerprint density at radius 2 is 1.92 bits per heavy atom. The molecule has 2 amide bonds. The molecule has 130 valence electrons. The van der Waals surface area contributed by atoms with E-state index in [2.05, 4.69) is 20.6 Å². The lowest BCUT2D eigenvalue weighted by Gasteiger charge is -2.10. The Kier molecular flexibility index (Phi) is 6.58. The summed E-state index contributed by atoms with van der Waals surface area (Å²) in [4.78, 5) is 42.7. The monoisotopic (exact) mass is 342 g/mol. The van der Waals surface area contributed by atoms with Crippen LogP contribution in [0.4, 0.5) is 5.69 Å². The number of amides is 2. The Morgan fingerprint density at radius 1 is 1.12 bits per heavy atom. The second kappa shape index (κ2) is 9.11. The molecule has 25 heavy (non-hydrogen) atoms. The zero-order valence-corrected chi connectivity index (χ0v) is 13.7. The van der Waals surface area contributed by atoms with Crippen LogP contribution in [0.25, 0.3) is 0 Å². The van der Waals surface area contributed by atoms with E-state index in [4.69, 9.17) is 4.74 Å².